The highest BCUT2D eigenvalue weighted by atomic mass is 16.5. The quantitative estimate of drug-likeness (QED) is 0.403. The van der Waals surface area contributed by atoms with Crippen LogP contribution in [0.15, 0.2) is 11.8 Å². The summed E-state index contributed by atoms with van der Waals surface area (Å²) >= 11 is 0. The normalized spacial score (nSPS) is 34.4. The molecule has 4 aliphatic rings. The number of hydrogen-bond donors (Lipinski definition) is 2. The average Bonchev–Trinajstić information content (AvgIpc) is 2.58. The van der Waals surface area contributed by atoms with Gasteiger partial charge in [-0.05, 0) is 75.0 Å². The zero-order valence-corrected chi connectivity index (χ0v) is 15.5. The lowest BCUT2D eigenvalue weighted by Crippen LogP contribution is -2.54. The summed E-state index contributed by atoms with van der Waals surface area (Å²) < 4.78 is 4.96. The van der Waals surface area contributed by atoms with Crippen LogP contribution in [0.4, 0.5) is 0 Å². The van der Waals surface area contributed by atoms with Crippen molar-refractivity contribution in [1.29, 1.82) is 5.26 Å². The maximum Gasteiger partial charge on any atom is 0.263 e. The maximum atomic E-state index is 12.1. The van der Waals surface area contributed by atoms with E-state index in [1.54, 1.807) is 13.3 Å². The highest BCUT2D eigenvalue weighted by Crippen LogP contribution is 2.61. The molecule has 4 bridgehead atoms. The fraction of sp³-hybridized carbons (Fsp3) is 0.800. The van der Waals surface area contributed by atoms with Crippen molar-refractivity contribution in [2.24, 2.45) is 23.2 Å². The van der Waals surface area contributed by atoms with Crippen LogP contribution in [-0.4, -0.2) is 32.2 Å². The number of carbonyl (C=O) groups is 1. The minimum Gasteiger partial charge on any atom is -0.387 e. The summed E-state index contributed by atoms with van der Waals surface area (Å²) in [5.74, 6) is 2.40. The lowest BCUT2D eigenvalue weighted by Gasteiger charge is -2.59. The molecular formula is C20H31N3O2. The van der Waals surface area contributed by atoms with Crippen molar-refractivity contribution in [1.82, 2.24) is 10.6 Å². The maximum absolute atomic E-state index is 12.1. The van der Waals surface area contributed by atoms with Crippen LogP contribution in [0.5, 0.6) is 0 Å². The molecule has 1 amide bonds. The molecule has 0 radical (unpaired) electrons. The first-order valence-corrected chi connectivity index (χ1v) is 9.70. The van der Waals surface area contributed by atoms with Crippen molar-refractivity contribution in [3.63, 3.8) is 0 Å². The molecule has 4 saturated carbocycles. The third-order valence-corrected chi connectivity index (χ3v) is 6.66. The Kier molecular flexibility index (Phi) is 5.68. The van der Waals surface area contributed by atoms with Gasteiger partial charge in [0.05, 0.1) is 0 Å². The molecule has 0 aromatic rings. The Hall–Kier alpha value is -1.54. The van der Waals surface area contributed by atoms with Crippen LogP contribution < -0.4 is 10.6 Å². The second kappa shape index (κ2) is 7.78. The molecule has 4 aliphatic carbocycles. The van der Waals surface area contributed by atoms with Crippen LogP contribution >= 0.6 is 0 Å². The van der Waals surface area contributed by atoms with E-state index in [1.165, 1.54) is 38.5 Å². The van der Waals surface area contributed by atoms with Crippen molar-refractivity contribution in [2.45, 2.75) is 57.9 Å². The third kappa shape index (κ3) is 4.00. The third-order valence-electron chi connectivity index (χ3n) is 6.66. The van der Waals surface area contributed by atoms with Crippen molar-refractivity contribution in [3.8, 4) is 6.07 Å². The summed E-state index contributed by atoms with van der Waals surface area (Å²) in [6.07, 6.45) is 10.6. The predicted octanol–water partition coefficient (Wildman–Crippen LogP) is 2.74. The minimum absolute atomic E-state index is 0.161. The Morgan fingerprint density at radius 2 is 1.88 bits per heavy atom. The van der Waals surface area contributed by atoms with Crippen molar-refractivity contribution in [3.05, 3.63) is 11.8 Å². The number of nitrogens with one attached hydrogen (secondary N) is 2. The fourth-order valence-corrected chi connectivity index (χ4v) is 5.76. The molecule has 1 unspecified atom stereocenters. The molecule has 5 heteroatoms. The number of carbonyl (C=O) groups excluding carboxylic acids is 1. The first kappa shape index (κ1) is 18.3. The van der Waals surface area contributed by atoms with Gasteiger partial charge < -0.3 is 15.4 Å². The van der Waals surface area contributed by atoms with Gasteiger partial charge in [-0.25, -0.2) is 0 Å². The van der Waals surface area contributed by atoms with Gasteiger partial charge in [-0.1, -0.05) is 0 Å². The topological polar surface area (TPSA) is 74.1 Å². The Morgan fingerprint density at radius 3 is 2.40 bits per heavy atom. The first-order chi connectivity index (χ1) is 12.1. The predicted molar refractivity (Wildman–Crippen MR) is 96.4 cm³/mol. The van der Waals surface area contributed by atoms with Gasteiger partial charge in [-0.3, -0.25) is 4.79 Å². The van der Waals surface area contributed by atoms with Crippen LogP contribution in [0, 0.1) is 34.5 Å². The van der Waals surface area contributed by atoms with Crippen LogP contribution in [0.2, 0.25) is 0 Å². The van der Waals surface area contributed by atoms with Gasteiger partial charge in [-0.15, -0.1) is 0 Å². The van der Waals surface area contributed by atoms with Crippen LogP contribution in [0.3, 0.4) is 0 Å². The molecule has 25 heavy (non-hydrogen) atoms. The molecule has 0 saturated heterocycles. The van der Waals surface area contributed by atoms with Gasteiger partial charge in [0.15, 0.2) is 0 Å². The molecule has 0 aromatic carbocycles. The molecule has 2 N–H and O–H groups in total. The first-order valence-electron chi connectivity index (χ1n) is 9.70. The SMILES string of the molecule is COCCCNC(=O)/C(C#N)=C\NC(C)C12CC3CC(CC(C3)C1)C2. The van der Waals surface area contributed by atoms with Gasteiger partial charge in [0.25, 0.3) is 5.91 Å². The lowest BCUT2D eigenvalue weighted by molar-refractivity contribution is -0.117. The van der Waals surface area contributed by atoms with E-state index >= 15 is 0 Å². The number of amides is 1. The van der Waals surface area contributed by atoms with Crippen molar-refractivity contribution < 1.29 is 9.53 Å². The van der Waals surface area contributed by atoms with E-state index in [9.17, 15) is 10.1 Å². The van der Waals surface area contributed by atoms with E-state index in [0.29, 0.717) is 24.6 Å². The molecule has 0 heterocycles. The summed E-state index contributed by atoms with van der Waals surface area (Å²) in [6, 6.07) is 2.34. The number of rotatable bonds is 8. The minimum atomic E-state index is -0.302. The number of methoxy groups -OCH3 is 1. The second-order valence-electron chi connectivity index (χ2n) is 8.44. The zero-order chi connectivity index (χ0) is 17.9. The Morgan fingerprint density at radius 1 is 1.28 bits per heavy atom. The van der Waals surface area contributed by atoms with E-state index < -0.39 is 0 Å². The van der Waals surface area contributed by atoms with E-state index in [0.717, 1.165) is 24.2 Å². The Bertz CT molecular complexity index is 528. The molecule has 138 valence electrons. The molecule has 4 rings (SSSR count). The van der Waals surface area contributed by atoms with E-state index in [1.807, 2.05) is 6.07 Å². The molecule has 1 atom stereocenters. The molecular weight excluding hydrogens is 314 g/mol. The largest absolute Gasteiger partial charge is 0.387 e. The van der Waals surface area contributed by atoms with Gasteiger partial charge in [-0.2, -0.15) is 5.26 Å². The molecule has 0 aliphatic heterocycles. The number of nitrogens with zero attached hydrogens (tertiary/aromatic N) is 1. The smallest absolute Gasteiger partial charge is 0.263 e. The van der Waals surface area contributed by atoms with Crippen LogP contribution in [-0.2, 0) is 9.53 Å². The molecule has 0 spiro atoms. The Labute approximate surface area is 151 Å². The molecule has 0 aromatic heterocycles. The second-order valence-corrected chi connectivity index (χ2v) is 8.44. The zero-order valence-electron chi connectivity index (χ0n) is 15.5. The molecule has 5 nitrogen and oxygen atoms in total. The van der Waals surface area contributed by atoms with Gasteiger partial charge >= 0.3 is 0 Å². The van der Waals surface area contributed by atoms with E-state index in [4.69, 9.17) is 4.74 Å². The highest BCUT2D eigenvalue weighted by molar-refractivity contribution is 5.97. The molecule has 4 fully saturated rings. The Balaban J connectivity index is 1.56. The lowest BCUT2D eigenvalue weighted by atomic mass is 9.48. The number of nitriles is 1. The summed E-state index contributed by atoms with van der Waals surface area (Å²) in [6.45, 7) is 3.36. The highest BCUT2D eigenvalue weighted by Gasteiger charge is 2.52. The summed E-state index contributed by atoms with van der Waals surface area (Å²) in [7, 11) is 1.64. The monoisotopic (exact) mass is 345 g/mol. The fourth-order valence-electron chi connectivity index (χ4n) is 5.76. The summed E-state index contributed by atoms with van der Waals surface area (Å²) in [5, 5.41) is 15.5. The standard InChI is InChI=1S/C20H31N3O2/c1-14(20-9-15-6-16(10-20)8-17(7-15)11-20)23-13-18(12-21)19(24)22-4-3-5-25-2/h13-17,23H,3-11H2,1-2H3,(H,22,24)/b18-13-. The summed E-state index contributed by atoms with van der Waals surface area (Å²) in [5.41, 5.74) is 0.523. The van der Waals surface area contributed by atoms with E-state index in [-0.39, 0.29) is 11.5 Å². The van der Waals surface area contributed by atoms with Crippen LogP contribution in [0.25, 0.3) is 0 Å². The van der Waals surface area contributed by atoms with Gasteiger partial charge in [0.1, 0.15) is 11.6 Å². The van der Waals surface area contributed by atoms with Crippen molar-refractivity contribution >= 4 is 5.91 Å². The number of hydrogen-bond acceptors (Lipinski definition) is 4. The van der Waals surface area contributed by atoms with E-state index in [2.05, 4.69) is 17.6 Å². The summed E-state index contributed by atoms with van der Waals surface area (Å²) in [4.78, 5) is 12.1. The average molecular weight is 345 g/mol. The number of ether oxygens (including phenoxy) is 1. The van der Waals surface area contributed by atoms with Crippen molar-refractivity contribution in [2.75, 3.05) is 20.3 Å². The van der Waals surface area contributed by atoms with Gasteiger partial charge in [0, 0.05) is 32.5 Å². The van der Waals surface area contributed by atoms with Crippen LogP contribution in [0.1, 0.15) is 51.9 Å². The van der Waals surface area contributed by atoms with Gasteiger partial charge in [0.2, 0.25) is 0 Å².